The molecule has 1 spiro atoms. The van der Waals surface area contributed by atoms with Gasteiger partial charge in [-0.2, -0.15) is 5.26 Å². The van der Waals surface area contributed by atoms with E-state index in [0.717, 1.165) is 13.0 Å². The maximum absolute atomic E-state index is 14.0. The number of aliphatic imine (C=N–C) groups is 1. The fraction of sp³-hybridized carbons (Fsp3) is 0.579. The van der Waals surface area contributed by atoms with Crippen molar-refractivity contribution in [1.82, 2.24) is 10.6 Å². The highest BCUT2D eigenvalue weighted by Crippen LogP contribution is 2.57. The second-order valence-corrected chi connectivity index (χ2v) is 6.81. The highest BCUT2D eigenvalue weighted by atomic mass is 19.1. The summed E-state index contributed by atoms with van der Waals surface area (Å²) in [7, 11) is 1.72. The van der Waals surface area contributed by atoms with Gasteiger partial charge in [0.1, 0.15) is 5.82 Å². The second kappa shape index (κ2) is 7.40. The van der Waals surface area contributed by atoms with Crippen molar-refractivity contribution in [3.63, 3.8) is 0 Å². The Morgan fingerprint density at radius 2 is 2.28 bits per heavy atom. The summed E-state index contributed by atoms with van der Waals surface area (Å²) in [6.07, 6.45) is 4.97. The lowest BCUT2D eigenvalue weighted by Gasteiger charge is -2.61. The summed E-state index contributed by atoms with van der Waals surface area (Å²) in [5, 5.41) is 15.5. The van der Waals surface area contributed by atoms with Gasteiger partial charge in [-0.1, -0.05) is 12.5 Å². The zero-order valence-electron chi connectivity index (χ0n) is 14.8. The summed E-state index contributed by atoms with van der Waals surface area (Å²) in [6, 6.07) is 6.81. The minimum atomic E-state index is -0.377. The van der Waals surface area contributed by atoms with E-state index in [-0.39, 0.29) is 11.2 Å². The van der Waals surface area contributed by atoms with Gasteiger partial charge in [-0.25, -0.2) is 4.39 Å². The van der Waals surface area contributed by atoms with Crippen molar-refractivity contribution in [3.05, 3.63) is 35.1 Å². The van der Waals surface area contributed by atoms with Crippen molar-refractivity contribution >= 4 is 5.96 Å². The Labute approximate surface area is 148 Å². The molecule has 2 atom stereocenters. The zero-order chi connectivity index (χ0) is 17.9. The second-order valence-electron chi connectivity index (χ2n) is 6.81. The van der Waals surface area contributed by atoms with Crippen molar-refractivity contribution in [2.45, 2.75) is 51.3 Å². The molecule has 0 bridgehead atoms. The molecule has 1 aromatic carbocycles. The standard InChI is InChI=1S/C19H25FN4O/c1-3-25-17-10-16(19(17)7-4-8-19)24-18(22-2)23-12-14-6-5-13(11-21)9-15(14)20/h5-6,9,16-17H,3-4,7-8,10,12H2,1-2H3,(H2,22,23,24). The van der Waals surface area contributed by atoms with Gasteiger partial charge < -0.3 is 15.4 Å². The fourth-order valence-electron chi connectivity index (χ4n) is 3.94. The van der Waals surface area contributed by atoms with Crippen molar-refractivity contribution in [2.75, 3.05) is 13.7 Å². The summed E-state index contributed by atoms with van der Waals surface area (Å²) in [6.45, 7) is 3.12. The smallest absolute Gasteiger partial charge is 0.191 e. The molecule has 0 heterocycles. The van der Waals surface area contributed by atoms with Crippen molar-refractivity contribution in [3.8, 4) is 6.07 Å². The molecule has 2 aliphatic rings. The lowest BCUT2D eigenvalue weighted by molar-refractivity contribution is -0.168. The number of nitrogens with one attached hydrogen (secondary N) is 2. The van der Waals surface area contributed by atoms with E-state index < -0.39 is 0 Å². The van der Waals surface area contributed by atoms with Gasteiger partial charge in [0.15, 0.2) is 5.96 Å². The topological polar surface area (TPSA) is 69.4 Å². The van der Waals surface area contributed by atoms with Crippen LogP contribution in [0.15, 0.2) is 23.2 Å². The van der Waals surface area contributed by atoms with Crippen LogP contribution in [0.3, 0.4) is 0 Å². The molecular formula is C19H25FN4O. The molecule has 0 aromatic heterocycles. The molecule has 1 aromatic rings. The van der Waals surface area contributed by atoms with E-state index in [9.17, 15) is 4.39 Å². The lowest BCUT2D eigenvalue weighted by atomic mass is 9.51. The number of nitrogens with zero attached hydrogens (tertiary/aromatic N) is 2. The first-order chi connectivity index (χ1) is 12.1. The number of nitriles is 1. The van der Waals surface area contributed by atoms with E-state index in [4.69, 9.17) is 10.00 Å². The van der Waals surface area contributed by atoms with Crippen LogP contribution in [-0.2, 0) is 11.3 Å². The summed E-state index contributed by atoms with van der Waals surface area (Å²) >= 11 is 0. The van der Waals surface area contributed by atoms with Crippen LogP contribution in [0.5, 0.6) is 0 Å². The summed E-state index contributed by atoms with van der Waals surface area (Å²) in [4.78, 5) is 4.26. The molecule has 3 rings (SSSR count). The molecule has 2 N–H and O–H groups in total. The van der Waals surface area contributed by atoms with E-state index in [1.54, 1.807) is 19.2 Å². The molecular weight excluding hydrogens is 319 g/mol. The van der Waals surface area contributed by atoms with Gasteiger partial charge in [0.05, 0.1) is 17.7 Å². The van der Waals surface area contributed by atoms with Crippen molar-refractivity contribution in [2.24, 2.45) is 10.4 Å². The molecule has 0 saturated heterocycles. The van der Waals surface area contributed by atoms with E-state index in [2.05, 4.69) is 15.6 Å². The number of benzene rings is 1. The minimum absolute atomic E-state index is 0.243. The van der Waals surface area contributed by atoms with Crippen LogP contribution in [0.1, 0.15) is 43.7 Å². The van der Waals surface area contributed by atoms with Crippen LogP contribution in [-0.4, -0.2) is 31.8 Å². The van der Waals surface area contributed by atoms with Crippen LogP contribution in [0, 0.1) is 22.6 Å². The maximum atomic E-state index is 14.0. The monoisotopic (exact) mass is 344 g/mol. The highest BCUT2D eigenvalue weighted by Gasteiger charge is 2.59. The molecule has 2 unspecified atom stereocenters. The Balaban J connectivity index is 1.57. The SMILES string of the molecule is CCOC1CC(NC(=NC)NCc2ccc(C#N)cc2F)C12CCC2. The highest BCUT2D eigenvalue weighted by molar-refractivity contribution is 5.80. The van der Waals surface area contributed by atoms with Crippen molar-refractivity contribution < 1.29 is 9.13 Å². The van der Waals surface area contributed by atoms with Crippen LogP contribution in [0.4, 0.5) is 4.39 Å². The van der Waals surface area contributed by atoms with Gasteiger partial charge in [-0.3, -0.25) is 4.99 Å². The third-order valence-corrected chi connectivity index (χ3v) is 5.60. The van der Waals surface area contributed by atoms with Gasteiger partial charge >= 0.3 is 0 Å². The van der Waals surface area contributed by atoms with E-state index in [1.165, 1.54) is 25.3 Å². The minimum Gasteiger partial charge on any atom is -0.378 e. The first-order valence-corrected chi connectivity index (χ1v) is 8.90. The fourth-order valence-corrected chi connectivity index (χ4v) is 3.94. The molecule has 2 fully saturated rings. The van der Waals surface area contributed by atoms with Gasteiger partial charge in [0, 0.05) is 37.2 Å². The molecule has 0 aliphatic heterocycles. The Hall–Kier alpha value is -2.13. The first kappa shape index (κ1) is 17.7. The first-order valence-electron chi connectivity index (χ1n) is 8.90. The molecule has 25 heavy (non-hydrogen) atoms. The Bertz CT molecular complexity index is 693. The molecule has 2 aliphatic carbocycles. The molecule has 2 saturated carbocycles. The maximum Gasteiger partial charge on any atom is 0.191 e. The van der Waals surface area contributed by atoms with Gasteiger partial charge in [0.2, 0.25) is 0 Å². The quantitative estimate of drug-likeness (QED) is 0.636. The average Bonchev–Trinajstić information content (AvgIpc) is 2.56. The summed E-state index contributed by atoms with van der Waals surface area (Å²) in [5.74, 6) is 0.299. The number of hydrogen-bond donors (Lipinski definition) is 2. The zero-order valence-corrected chi connectivity index (χ0v) is 14.8. The average molecular weight is 344 g/mol. The van der Waals surface area contributed by atoms with E-state index >= 15 is 0 Å². The third kappa shape index (κ3) is 3.34. The molecule has 134 valence electrons. The molecule has 0 amide bonds. The largest absolute Gasteiger partial charge is 0.378 e. The molecule has 5 nitrogen and oxygen atoms in total. The molecule has 6 heteroatoms. The number of halogens is 1. The number of ether oxygens (including phenoxy) is 1. The normalized spacial score (nSPS) is 24.2. The van der Waals surface area contributed by atoms with Crippen LogP contribution >= 0.6 is 0 Å². The van der Waals surface area contributed by atoms with E-state index in [0.29, 0.717) is 35.8 Å². The number of guanidine groups is 1. The van der Waals surface area contributed by atoms with Crippen molar-refractivity contribution in [1.29, 1.82) is 5.26 Å². The lowest BCUT2D eigenvalue weighted by Crippen LogP contribution is -2.68. The van der Waals surface area contributed by atoms with E-state index in [1.807, 2.05) is 13.0 Å². The molecule has 0 radical (unpaired) electrons. The number of rotatable bonds is 5. The third-order valence-electron chi connectivity index (χ3n) is 5.60. The number of hydrogen-bond acceptors (Lipinski definition) is 3. The Morgan fingerprint density at radius 1 is 1.48 bits per heavy atom. The van der Waals surface area contributed by atoms with Gasteiger partial charge in [-0.15, -0.1) is 0 Å². The predicted molar refractivity (Wildman–Crippen MR) is 94.6 cm³/mol. The Morgan fingerprint density at radius 3 is 2.84 bits per heavy atom. The summed E-state index contributed by atoms with van der Waals surface area (Å²) < 4.78 is 19.9. The van der Waals surface area contributed by atoms with Crippen LogP contribution in [0.2, 0.25) is 0 Å². The van der Waals surface area contributed by atoms with Crippen LogP contribution in [0.25, 0.3) is 0 Å². The predicted octanol–water partition coefficient (Wildman–Crippen LogP) is 2.71. The van der Waals surface area contributed by atoms with Gasteiger partial charge in [-0.05, 0) is 38.3 Å². The Kier molecular flexibility index (Phi) is 5.24. The van der Waals surface area contributed by atoms with Gasteiger partial charge in [0.25, 0.3) is 0 Å². The van der Waals surface area contributed by atoms with Crippen LogP contribution < -0.4 is 10.6 Å². The summed E-state index contributed by atoms with van der Waals surface area (Å²) in [5.41, 5.74) is 1.08.